The molecule has 0 aliphatic rings. The molecule has 0 bridgehead atoms. The first kappa shape index (κ1) is 18.6. The predicted octanol–water partition coefficient (Wildman–Crippen LogP) is 2.56. The number of nitro benzene ring substituents is 1. The van der Waals surface area contributed by atoms with Crippen molar-refractivity contribution >= 4 is 17.8 Å². The summed E-state index contributed by atoms with van der Waals surface area (Å²) in [5.74, 6) is -0.0285. The summed E-state index contributed by atoms with van der Waals surface area (Å²) in [6.45, 7) is 1.59. The zero-order chi connectivity index (χ0) is 18.9. The number of nitriles is 1. The largest absolute Gasteiger partial charge is 0.484 e. The number of rotatable bonds is 7. The number of hydrazone groups is 1. The van der Waals surface area contributed by atoms with E-state index in [1.807, 2.05) is 13.0 Å². The van der Waals surface area contributed by atoms with Gasteiger partial charge in [-0.3, -0.25) is 14.9 Å². The van der Waals surface area contributed by atoms with Crippen LogP contribution in [0.15, 0.2) is 47.6 Å². The molecule has 0 spiro atoms. The van der Waals surface area contributed by atoms with Gasteiger partial charge in [0.25, 0.3) is 11.6 Å². The average Bonchev–Trinajstić information content (AvgIpc) is 2.66. The lowest BCUT2D eigenvalue weighted by Crippen LogP contribution is -2.24. The Kier molecular flexibility index (Phi) is 6.40. The highest BCUT2D eigenvalue weighted by Gasteiger charge is 2.12. The molecule has 0 radical (unpaired) electrons. The Morgan fingerprint density at radius 2 is 2.08 bits per heavy atom. The topological polar surface area (TPSA) is 118 Å². The minimum Gasteiger partial charge on any atom is -0.484 e. The number of hydrogen-bond donors (Lipinski definition) is 1. The third kappa shape index (κ3) is 5.14. The molecule has 1 N–H and O–H groups in total. The molecule has 1 amide bonds. The molecule has 0 aliphatic heterocycles. The molecule has 8 heteroatoms. The van der Waals surface area contributed by atoms with E-state index in [0.717, 1.165) is 0 Å². The maximum atomic E-state index is 11.7. The number of amides is 1. The van der Waals surface area contributed by atoms with Crippen LogP contribution in [0.25, 0.3) is 0 Å². The van der Waals surface area contributed by atoms with Crippen LogP contribution in [0.2, 0.25) is 0 Å². The highest BCUT2D eigenvalue weighted by atomic mass is 16.6. The molecule has 0 saturated heterocycles. The number of benzene rings is 2. The van der Waals surface area contributed by atoms with Crippen molar-refractivity contribution in [1.82, 2.24) is 5.43 Å². The van der Waals surface area contributed by atoms with Gasteiger partial charge in [-0.25, -0.2) is 5.43 Å². The molecule has 0 aliphatic carbocycles. The van der Waals surface area contributed by atoms with Crippen molar-refractivity contribution in [2.24, 2.45) is 5.10 Å². The summed E-state index contributed by atoms with van der Waals surface area (Å²) in [5, 5.41) is 23.5. The third-order valence-electron chi connectivity index (χ3n) is 3.44. The van der Waals surface area contributed by atoms with Crippen LogP contribution in [0.1, 0.15) is 23.6 Å². The second-order valence-electron chi connectivity index (χ2n) is 5.22. The number of nitro groups is 1. The quantitative estimate of drug-likeness (QED) is 0.467. The van der Waals surface area contributed by atoms with E-state index in [1.54, 1.807) is 36.4 Å². The summed E-state index contributed by atoms with van der Waals surface area (Å²) in [6.07, 6.45) is 1.88. The first-order chi connectivity index (χ1) is 12.5. The van der Waals surface area contributed by atoms with Crippen LogP contribution in [0, 0.1) is 21.4 Å². The summed E-state index contributed by atoms with van der Waals surface area (Å²) in [6, 6.07) is 13.1. The van der Waals surface area contributed by atoms with E-state index < -0.39 is 10.8 Å². The first-order valence-electron chi connectivity index (χ1n) is 7.75. The normalized spacial score (nSPS) is 10.3. The van der Waals surface area contributed by atoms with E-state index in [0.29, 0.717) is 28.9 Å². The van der Waals surface area contributed by atoms with Crippen molar-refractivity contribution in [3.8, 4) is 11.8 Å². The molecular weight excluding hydrogens is 336 g/mol. The van der Waals surface area contributed by atoms with Gasteiger partial charge in [-0.1, -0.05) is 19.1 Å². The summed E-state index contributed by atoms with van der Waals surface area (Å²) in [5.41, 5.74) is 3.93. The molecule has 0 aromatic heterocycles. The van der Waals surface area contributed by atoms with Crippen molar-refractivity contribution in [3.05, 3.63) is 69.3 Å². The summed E-state index contributed by atoms with van der Waals surface area (Å²) < 4.78 is 5.27. The molecule has 2 rings (SSSR count). The SMILES string of the molecule is CCc1ccc(/C=N\NC(=O)COc2ccc(C#N)cc2)cc1[N+](=O)[O-]. The van der Waals surface area contributed by atoms with E-state index in [2.05, 4.69) is 10.5 Å². The molecule has 2 aromatic rings. The number of carbonyl (C=O) groups excluding carboxylic acids is 1. The monoisotopic (exact) mass is 352 g/mol. The van der Waals surface area contributed by atoms with Crippen LogP contribution in [0.3, 0.4) is 0 Å². The van der Waals surface area contributed by atoms with E-state index >= 15 is 0 Å². The standard InChI is InChI=1S/C18H16N4O4/c1-2-15-6-3-14(9-17(15)22(24)25)11-20-21-18(23)12-26-16-7-4-13(10-19)5-8-16/h3-9,11H,2,12H2,1H3,(H,21,23)/b20-11-. The zero-order valence-corrected chi connectivity index (χ0v) is 14.0. The number of carbonyl (C=O) groups is 1. The van der Waals surface area contributed by atoms with Gasteiger partial charge >= 0.3 is 0 Å². The Morgan fingerprint density at radius 3 is 2.69 bits per heavy atom. The van der Waals surface area contributed by atoms with Crippen LogP contribution in [-0.2, 0) is 11.2 Å². The van der Waals surface area contributed by atoms with Gasteiger partial charge < -0.3 is 4.74 Å². The molecule has 8 nitrogen and oxygen atoms in total. The Balaban J connectivity index is 1.89. The smallest absolute Gasteiger partial charge is 0.277 e. The maximum absolute atomic E-state index is 11.7. The highest BCUT2D eigenvalue weighted by Crippen LogP contribution is 2.20. The molecular formula is C18H16N4O4. The van der Waals surface area contributed by atoms with E-state index in [1.165, 1.54) is 12.3 Å². The fraction of sp³-hybridized carbons (Fsp3) is 0.167. The van der Waals surface area contributed by atoms with Gasteiger partial charge in [-0.2, -0.15) is 10.4 Å². The van der Waals surface area contributed by atoms with Crippen molar-refractivity contribution < 1.29 is 14.5 Å². The number of nitrogens with zero attached hydrogens (tertiary/aromatic N) is 3. The van der Waals surface area contributed by atoms with E-state index in [-0.39, 0.29) is 12.3 Å². The number of ether oxygens (including phenoxy) is 1. The molecule has 132 valence electrons. The summed E-state index contributed by atoms with van der Waals surface area (Å²) >= 11 is 0. The lowest BCUT2D eigenvalue weighted by Gasteiger charge is -2.04. The Bertz CT molecular complexity index is 870. The van der Waals surface area contributed by atoms with Crippen molar-refractivity contribution in [2.75, 3.05) is 6.61 Å². The number of hydrogen-bond acceptors (Lipinski definition) is 6. The van der Waals surface area contributed by atoms with Crippen LogP contribution in [-0.4, -0.2) is 23.7 Å². The molecule has 26 heavy (non-hydrogen) atoms. The fourth-order valence-corrected chi connectivity index (χ4v) is 2.12. The highest BCUT2D eigenvalue weighted by molar-refractivity contribution is 5.83. The van der Waals surface area contributed by atoms with Crippen molar-refractivity contribution in [1.29, 1.82) is 5.26 Å². The second-order valence-corrected chi connectivity index (χ2v) is 5.22. The minimum atomic E-state index is -0.481. The third-order valence-corrected chi connectivity index (χ3v) is 3.44. The lowest BCUT2D eigenvalue weighted by atomic mass is 10.1. The van der Waals surface area contributed by atoms with Gasteiger partial charge in [-0.15, -0.1) is 0 Å². The van der Waals surface area contributed by atoms with E-state index in [9.17, 15) is 14.9 Å². The molecule has 0 unspecified atom stereocenters. The molecule has 0 heterocycles. The van der Waals surface area contributed by atoms with Gasteiger partial charge in [0.05, 0.1) is 22.8 Å². The molecule has 2 aromatic carbocycles. The minimum absolute atomic E-state index is 0.0203. The Morgan fingerprint density at radius 1 is 1.35 bits per heavy atom. The molecule has 0 fully saturated rings. The van der Waals surface area contributed by atoms with Crippen molar-refractivity contribution in [3.63, 3.8) is 0 Å². The summed E-state index contributed by atoms with van der Waals surface area (Å²) in [7, 11) is 0. The van der Waals surface area contributed by atoms with Crippen LogP contribution in [0.4, 0.5) is 5.69 Å². The Hall–Kier alpha value is -3.73. The average molecular weight is 352 g/mol. The van der Waals surface area contributed by atoms with E-state index in [4.69, 9.17) is 10.00 Å². The van der Waals surface area contributed by atoms with Gasteiger partial charge in [-0.05, 0) is 30.7 Å². The predicted molar refractivity (Wildman–Crippen MR) is 94.9 cm³/mol. The van der Waals surface area contributed by atoms with Crippen LogP contribution < -0.4 is 10.2 Å². The van der Waals surface area contributed by atoms with Crippen LogP contribution >= 0.6 is 0 Å². The van der Waals surface area contributed by atoms with Crippen molar-refractivity contribution in [2.45, 2.75) is 13.3 Å². The maximum Gasteiger partial charge on any atom is 0.277 e. The lowest BCUT2D eigenvalue weighted by molar-refractivity contribution is -0.385. The van der Waals surface area contributed by atoms with Gasteiger partial charge in [0.15, 0.2) is 6.61 Å². The number of aryl methyl sites for hydroxylation is 1. The second kappa shape index (κ2) is 8.94. The Labute approximate surface area is 149 Å². The zero-order valence-electron chi connectivity index (χ0n) is 14.0. The van der Waals surface area contributed by atoms with Gasteiger partial charge in [0.2, 0.25) is 0 Å². The summed E-state index contributed by atoms with van der Waals surface area (Å²) in [4.78, 5) is 22.3. The van der Waals surface area contributed by atoms with Crippen LogP contribution in [0.5, 0.6) is 5.75 Å². The molecule has 0 saturated carbocycles. The first-order valence-corrected chi connectivity index (χ1v) is 7.75. The molecule has 0 atom stereocenters. The number of nitrogens with one attached hydrogen (secondary N) is 1. The van der Waals surface area contributed by atoms with Gasteiger partial charge in [0, 0.05) is 17.2 Å². The fourth-order valence-electron chi connectivity index (χ4n) is 2.12. The van der Waals surface area contributed by atoms with Gasteiger partial charge in [0.1, 0.15) is 5.75 Å².